The van der Waals surface area contributed by atoms with Crippen molar-refractivity contribution >= 4 is 45.5 Å². The van der Waals surface area contributed by atoms with Crippen molar-refractivity contribution in [1.29, 1.82) is 0 Å². The van der Waals surface area contributed by atoms with Crippen molar-refractivity contribution in [2.24, 2.45) is 0 Å². The molecule has 0 unspecified atom stereocenters. The highest BCUT2D eigenvalue weighted by atomic mass is 32.2. The Morgan fingerprint density at radius 1 is 1.48 bits per heavy atom. The second-order valence-corrected chi connectivity index (χ2v) is 7.15. The number of hydrogen-bond acceptors (Lipinski definition) is 8. The van der Waals surface area contributed by atoms with Gasteiger partial charge in [0.05, 0.1) is 10.7 Å². The van der Waals surface area contributed by atoms with Crippen LogP contribution in [0.2, 0.25) is 0 Å². The zero-order valence-corrected chi connectivity index (χ0v) is 13.6. The van der Waals surface area contributed by atoms with E-state index in [-0.39, 0.29) is 17.3 Å². The Balaban J connectivity index is 1.74. The number of anilines is 2. The molecular formula is C13H13N5O3S2. The largest absolute Gasteiger partial charge is 0.374 e. The van der Waals surface area contributed by atoms with Crippen molar-refractivity contribution in [2.45, 2.75) is 17.2 Å². The smallest absolute Gasteiger partial charge is 0.269 e. The number of fused-ring (bicyclic) bond motifs is 1. The summed E-state index contributed by atoms with van der Waals surface area (Å²) in [6.07, 6.45) is 1.52. The summed E-state index contributed by atoms with van der Waals surface area (Å²) in [5.74, 6) is 0.170. The molecule has 0 spiro atoms. The molecule has 1 aliphatic rings. The van der Waals surface area contributed by atoms with Crippen LogP contribution >= 0.6 is 23.1 Å². The molecule has 0 saturated carbocycles. The Morgan fingerprint density at radius 3 is 3.00 bits per heavy atom. The number of nitrogen functional groups attached to an aromatic ring is 1. The second kappa shape index (κ2) is 6.50. The number of rotatable bonds is 4. The van der Waals surface area contributed by atoms with Crippen LogP contribution in [0.25, 0.3) is 0 Å². The summed E-state index contributed by atoms with van der Waals surface area (Å²) in [5, 5.41) is 18.8. The zero-order valence-electron chi connectivity index (χ0n) is 12.0. The van der Waals surface area contributed by atoms with Gasteiger partial charge in [0, 0.05) is 24.4 Å². The average molecular weight is 351 g/mol. The van der Waals surface area contributed by atoms with E-state index in [2.05, 4.69) is 10.2 Å². The van der Waals surface area contributed by atoms with Gasteiger partial charge in [0.25, 0.3) is 5.69 Å². The SMILES string of the molecule is Nc1nnc(SCC(=O)N2CCCc3cc([N+](=O)[O-])ccc32)s1. The Bertz CT molecular complexity index is 764. The number of carbonyl (C=O) groups is 1. The van der Waals surface area contributed by atoms with Crippen molar-refractivity contribution in [3.05, 3.63) is 33.9 Å². The Kier molecular flexibility index (Phi) is 4.44. The number of hydrogen-bond donors (Lipinski definition) is 1. The average Bonchev–Trinajstić information content (AvgIpc) is 2.97. The molecule has 0 atom stereocenters. The summed E-state index contributed by atoms with van der Waals surface area (Å²) in [6, 6.07) is 4.63. The number of amides is 1. The third-order valence-corrected chi connectivity index (χ3v) is 5.31. The van der Waals surface area contributed by atoms with E-state index < -0.39 is 4.92 Å². The quantitative estimate of drug-likeness (QED) is 0.509. The molecular weight excluding hydrogens is 338 g/mol. The monoisotopic (exact) mass is 351 g/mol. The van der Waals surface area contributed by atoms with Crippen molar-refractivity contribution in [1.82, 2.24) is 10.2 Å². The maximum atomic E-state index is 12.5. The Hall–Kier alpha value is -2.20. The lowest BCUT2D eigenvalue weighted by atomic mass is 10.0. The third kappa shape index (κ3) is 3.42. The van der Waals surface area contributed by atoms with Crippen molar-refractivity contribution in [2.75, 3.05) is 22.9 Å². The number of nitrogens with zero attached hydrogens (tertiary/aromatic N) is 4. The summed E-state index contributed by atoms with van der Waals surface area (Å²) in [6.45, 7) is 0.614. The van der Waals surface area contributed by atoms with Crippen LogP contribution in [-0.2, 0) is 11.2 Å². The van der Waals surface area contributed by atoms with Crippen molar-refractivity contribution < 1.29 is 9.72 Å². The van der Waals surface area contributed by atoms with Gasteiger partial charge in [-0.1, -0.05) is 23.1 Å². The van der Waals surface area contributed by atoms with E-state index in [1.807, 2.05) is 0 Å². The standard InChI is InChI=1S/C13H13N5O3S2/c14-12-15-16-13(23-12)22-7-11(19)17-5-1-2-8-6-9(18(20)21)3-4-10(8)17/h3-4,6H,1-2,5,7H2,(H2,14,15). The number of non-ortho nitro benzene ring substituents is 1. The van der Waals surface area contributed by atoms with E-state index in [9.17, 15) is 14.9 Å². The number of aryl methyl sites for hydroxylation is 1. The summed E-state index contributed by atoms with van der Waals surface area (Å²) in [7, 11) is 0. The van der Waals surface area contributed by atoms with Gasteiger partial charge >= 0.3 is 0 Å². The number of aromatic nitrogens is 2. The minimum absolute atomic E-state index is 0.0526. The first-order chi connectivity index (χ1) is 11.0. The predicted octanol–water partition coefficient (Wildman–Crippen LogP) is 2.10. The first-order valence-corrected chi connectivity index (χ1v) is 8.64. The van der Waals surface area contributed by atoms with Crippen LogP contribution in [0.4, 0.5) is 16.5 Å². The lowest BCUT2D eigenvalue weighted by molar-refractivity contribution is -0.384. The fraction of sp³-hybridized carbons (Fsp3) is 0.308. The summed E-state index contributed by atoms with van der Waals surface area (Å²) < 4.78 is 0.650. The van der Waals surface area contributed by atoms with Crippen LogP contribution in [-0.4, -0.2) is 33.3 Å². The molecule has 0 radical (unpaired) electrons. The zero-order chi connectivity index (χ0) is 16.4. The van der Waals surface area contributed by atoms with Gasteiger partial charge in [0.2, 0.25) is 11.0 Å². The normalized spacial score (nSPS) is 13.7. The van der Waals surface area contributed by atoms with E-state index in [1.54, 1.807) is 17.0 Å². The Labute approximate surface area is 139 Å². The molecule has 10 heteroatoms. The van der Waals surface area contributed by atoms with Crippen LogP contribution in [0.5, 0.6) is 0 Å². The molecule has 1 amide bonds. The van der Waals surface area contributed by atoms with Gasteiger partial charge < -0.3 is 10.6 Å². The van der Waals surface area contributed by atoms with E-state index in [1.165, 1.54) is 29.2 Å². The van der Waals surface area contributed by atoms with Crippen LogP contribution in [0, 0.1) is 10.1 Å². The molecule has 8 nitrogen and oxygen atoms in total. The minimum Gasteiger partial charge on any atom is -0.374 e. The molecule has 0 bridgehead atoms. The van der Waals surface area contributed by atoms with Gasteiger partial charge in [-0.3, -0.25) is 14.9 Å². The van der Waals surface area contributed by atoms with Gasteiger partial charge in [0.1, 0.15) is 0 Å². The number of nitro groups is 1. The molecule has 1 aliphatic heterocycles. The van der Waals surface area contributed by atoms with Crippen molar-refractivity contribution in [3.63, 3.8) is 0 Å². The molecule has 120 valence electrons. The molecule has 1 aromatic heterocycles. The van der Waals surface area contributed by atoms with Crippen molar-refractivity contribution in [3.8, 4) is 0 Å². The molecule has 2 N–H and O–H groups in total. The number of nitro benzene ring substituents is 1. The molecule has 0 fully saturated rings. The minimum atomic E-state index is -0.420. The fourth-order valence-electron chi connectivity index (χ4n) is 2.44. The van der Waals surface area contributed by atoms with Gasteiger partial charge in [0.15, 0.2) is 4.34 Å². The summed E-state index contributed by atoms with van der Waals surface area (Å²) in [5.41, 5.74) is 7.15. The van der Waals surface area contributed by atoms with Gasteiger partial charge in [-0.25, -0.2) is 0 Å². The lowest BCUT2D eigenvalue weighted by Crippen LogP contribution is -2.36. The van der Waals surface area contributed by atoms with Crippen LogP contribution in [0.3, 0.4) is 0 Å². The molecule has 3 rings (SSSR count). The topological polar surface area (TPSA) is 115 Å². The van der Waals surface area contributed by atoms with E-state index >= 15 is 0 Å². The molecule has 2 heterocycles. The molecule has 23 heavy (non-hydrogen) atoms. The highest BCUT2D eigenvalue weighted by Gasteiger charge is 2.24. The molecule has 1 aromatic carbocycles. The fourth-order valence-corrected chi connectivity index (χ4v) is 3.95. The molecule has 2 aromatic rings. The maximum absolute atomic E-state index is 12.5. The summed E-state index contributed by atoms with van der Waals surface area (Å²) >= 11 is 2.53. The van der Waals surface area contributed by atoms with Gasteiger partial charge in [-0.05, 0) is 24.5 Å². The van der Waals surface area contributed by atoms with Gasteiger partial charge in [-0.2, -0.15) is 0 Å². The van der Waals surface area contributed by atoms with E-state index in [0.29, 0.717) is 16.0 Å². The number of carbonyl (C=O) groups excluding carboxylic acids is 1. The molecule has 0 aliphatic carbocycles. The number of nitrogens with two attached hydrogens (primary N) is 1. The van der Waals surface area contributed by atoms with Gasteiger partial charge in [-0.15, -0.1) is 10.2 Å². The predicted molar refractivity (Wildman–Crippen MR) is 88.8 cm³/mol. The number of benzene rings is 1. The first-order valence-electron chi connectivity index (χ1n) is 6.84. The first kappa shape index (κ1) is 15.7. The van der Waals surface area contributed by atoms with E-state index in [4.69, 9.17) is 5.73 Å². The number of thioether (sulfide) groups is 1. The maximum Gasteiger partial charge on any atom is 0.269 e. The van der Waals surface area contributed by atoms with Crippen LogP contribution < -0.4 is 10.6 Å². The summed E-state index contributed by atoms with van der Waals surface area (Å²) in [4.78, 5) is 24.6. The molecule has 0 saturated heterocycles. The highest BCUT2D eigenvalue weighted by Crippen LogP contribution is 2.31. The second-order valence-electron chi connectivity index (χ2n) is 4.91. The highest BCUT2D eigenvalue weighted by molar-refractivity contribution is 8.01. The Morgan fingerprint density at radius 2 is 2.30 bits per heavy atom. The lowest BCUT2D eigenvalue weighted by Gasteiger charge is -2.29. The third-order valence-electron chi connectivity index (χ3n) is 3.43. The van der Waals surface area contributed by atoms with Crippen LogP contribution in [0.1, 0.15) is 12.0 Å². The van der Waals surface area contributed by atoms with E-state index in [0.717, 1.165) is 24.1 Å². The van der Waals surface area contributed by atoms with Crippen LogP contribution in [0.15, 0.2) is 22.5 Å².